The van der Waals surface area contributed by atoms with E-state index in [1.54, 1.807) is 10.9 Å². The molecule has 3 N–H and O–H groups in total. The van der Waals surface area contributed by atoms with Crippen LogP contribution in [0.15, 0.2) is 30.6 Å². The Bertz CT molecular complexity index is 605. The Morgan fingerprint density at radius 1 is 1.37 bits per heavy atom. The largest absolute Gasteiger partial charge is 0.504 e. The van der Waals surface area contributed by atoms with Crippen LogP contribution in [0.3, 0.4) is 0 Å². The molecule has 0 fully saturated rings. The van der Waals surface area contributed by atoms with E-state index in [0.717, 1.165) is 0 Å². The van der Waals surface area contributed by atoms with Crippen LogP contribution in [0.1, 0.15) is 30.2 Å². The quantitative estimate of drug-likeness (QED) is 0.738. The van der Waals surface area contributed by atoms with E-state index in [4.69, 9.17) is 0 Å². The van der Waals surface area contributed by atoms with E-state index in [1.165, 1.54) is 24.4 Å². The first-order valence-corrected chi connectivity index (χ1v) is 5.85. The van der Waals surface area contributed by atoms with Gasteiger partial charge in [-0.2, -0.15) is 5.10 Å². The second kappa shape index (κ2) is 5.01. The second-order valence-corrected chi connectivity index (χ2v) is 4.43. The van der Waals surface area contributed by atoms with E-state index in [-0.39, 0.29) is 17.4 Å². The van der Waals surface area contributed by atoms with Gasteiger partial charge in [0.2, 0.25) is 0 Å². The maximum Gasteiger partial charge on any atom is 0.259 e. The molecule has 6 heteroatoms. The second-order valence-electron chi connectivity index (χ2n) is 4.43. The molecule has 0 spiro atoms. The van der Waals surface area contributed by atoms with Crippen molar-refractivity contribution in [2.45, 2.75) is 19.9 Å². The third-order valence-corrected chi connectivity index (χ3v) is 2.65. The lowest BCUT2D eigenvalue weighted by molar-refractivity contribution is 0.102. The van der Waals surface area contributed by atoms with Crippen LogP contribution in [0.4, 0.5) is 5.69 Å². The van der Waals surface area contributed by atoms with Crippen molar-refractivity contribution in [3.63, 3.8) is 0 Å². The van der Waals surface area contributed by atoms with Crippen LogP contribution in [0.25, 0.3) is 0 Å². The first kappa shape index (κ1) is 12.9. The highest BCUT2D eigenvalue weighted by atomic mass is 16.3. The molecule has 1 aromatic heterocycles. The fraction of sp³-hybridized carbons (Fsp3) is 0.231. The molecule has 1 heterocycles. The third-order valence-electron chi connectivity index (χ3n) is 2.65. The van der Waals surface area contributed by atoms with Crippen LogP contribution in [0, 0.1) is 0 Å². The lowest BCUT2D eigenvalue weighted by atomic mass is 10.1. The van der Waals surface area contributed by atoms with E-state index in [1.807, 2.05) is 13.8 Å². The number of aromatic hydroxyl groups is 2. The average molecular weight is 261 g/mol. The van der Waals surface area contributed by atoms with E-state index in [2.05, 4.69) is 10.4 Å². The Morgan fingerprint density at radius 2 is 2.11 bits per heavy atom. The molecule has 1 aromatic carbocycles. The van der Waals surface area contributed by atoms with E-state index in [9.17, 15) is 15.0 Å². The Morgan fingerprint density at radius 3 is 2.74 bits per heavy atom. The summed E-state index contributed by atoms with van der Waals surface area (Å²) in [6.45, 7) is 3.94. The lowest BCUT2D eigenvalue weighted by Gasteiger charge is -2.06. The zero-order valence-corrected chi connectivity index (χ0v) is 10.7. The number of nitrogens with one attached hydrogen (secondary N) is 1. The zero-order chi connectivity index (χ0) is 14.0. The van der Waals surface area contributed by atoms with Crippen LogP contribution in [0.5, 0.6) is 11.5 Å². The Balaban J connectivity index is 2.18. The van der Waals surface area contributed by atoms with Gasteiger partial charge in [-0.15, -0.1) is 0 Å². The summed E-state index contributed by atoms with van der Waals surface area (Å²) in [4.78, 5) is 11.9. The van der Waals surface area contributed by atoms with Gasteiger partial charge in [0.25, 0.3) is 5.91 Å². The van der Waals surface area contributed by atoms with Crippen molar-refractivity contribution in [3.05, 3.63) is 36.2 Å². The number of benzene rings is 1. The number of para-hydroxylation sites is 1. The summed E-state index contributed by atoms with van der Waals surface area (Å²) in [6.07, 6.45) is 3.22. The van der Waals surface area contributed by atoms with Gasteiger partial charge in [-0.25, -0.2) is 0 Å². The molecule has 0 saturated heterocycles. The Hall–Kier alpha value is -2.50. The summed E-state index contributed by atoms with van der Waals surface area (Å²) in [5, 5.41) is 25.7. The zero-order valence-electron chi connectivity index (χ0n) is 10.7. The van der Waals surface area contributed by atoms with Crippen LogP contribution in [-0.2, 0) is 0 Å². The van der Waals surface area contributed by atoms with E-state index in [0.29, 0.717) is 5.69 Å². The molecule has 19 heavy (non-hydrogen) atoms. The summed E-state index contributed by atoms with van der Waals surface area (Å²) >= 11 is 0. The van der Waals surface area contributed by atoms with Crippen molar-refractivity contribution in [1.82, 2.24) is 9.78 Å². The monoisotopic (exact) mass is 261 g/mol. The molecular formula is C13H15N3O3. The highest BCUT2D eigenvalue weighted by molar-refractivity contribution is 6.06. The molecule has 0 aliphatic carbocycles. The van der Waals surface area contributed by atoms with Crippen molar-refractivity contribution in [3.8, 4) is 11.5 Å². The smallest absolute Gasteiger partial charge is 0.259 e. The molecule has 0 unspecified atom stereocenters. The molecule has 0 radical (unpaired) electrons. The summed E-state index contributed by atoms with van der Waals surface area (Å²) in [5.41, 5.74) is 0.540. The Labute approximate surface area is 110 Å². The number of carbonyl (C=O) groups excluding carboxylic acids is 1. The van der Waals surface area contributed by atoms with Crippen LogP contribution >= 0.6 is 0 Å². The minimum absolute atomic E-state index is 0.0114. The van der Waals surface area contributed by atoms with Gasteiger partial charge in [0.05, 0.1) is 17.4 Å². The lowest BCUT2D eigenvalue weighted by Crippen LogP contribution is -2.11. The Kier molecular flexibility index (Phi) is 3.41. The molecule has 0 bridgehead atoms. The molecule has 2 rings (SSSR count). The number of hydrogen-bond acceptors (Lipinski definition) is 4. The predicted octanol–water partition coefficient (Wildman–Crippen LogP) is 2.13. The number of aromatic nitrogens is 2. The number of rotatable bonds is 3. The van der Waals surface area contributed by atoms with Gasteiger partial charge in [-0.1, -0.05) is 6.07 Å². The number of carbonyl (C=O) groups is 1. The third kappa shape index (κ3) is 2.67. The SMILES string of the molecule is CC(C)n1cc(NC(=O)c2cccc(O)c2O)cn1. The molecular weight excluding hydrogens is 246 g/mol. The minimum Gasteiger partial charge on any atom is -0.504 e. The van der Waals surface area contributed by atoms with Crippen LogP contribution in [-0.4, -0.2) is 25.9 Å². The molecule has 0 aliphatic rings. The van der Waals surface area contributed by atoms with Crippen molar-refractivity contribution in [1.29, 1.82) is 0 Å². The van der Waals surface area contributed by atoms with Crippen molar-refractivity contribution < 1.29 is 15.0 Å². The van der Waals surface area contributed by atoms with Gasteiger partial charge in [0.1, 0.15) is 0 Å². The van der Waals surface area contributed by atoms with Gasteiger partial charge in [0, 0.05) is 12.2 Å². The topological polar surface area (TPSA) is 87.4 Å². The number of phenolic OH excluding ortho intramolecular Hbond substituents is 2. The normalized spacial score (nSPS) is 10.7. The van der Waals surface area contributed by atoms with Gasteiger partial charge < -0.3 is 15.5 Å². The fourth-order valence-electron chi connectivity index (χ4n) is 1.60. The summed E-state index contributed by atoms with van der Waals surface area (Å²) < 4.78 is 1.71. The molecule has 100 valence electrons. The van der Waals surface area contributed by atoms with Gasteiger partial charge in [0.15, 0.2) is 11.5 Å². The minimum atomic E-state index is -0.503. The first-order chi connectivity index (χ1) is 8.99. The van der Waals surface area contributed by atoms with Crippen molar-refractivity contribution >= 4 is 11.6 Å². The van der Waals surface area contributed by atoms with E-state index < -0.39 is 11.7 Å². The molecule has 6 nitrogen and oxygen atoms in total. The summed E-state index contributed by atoms with van der Waals surface area (Å²) in [6, 6.07) is 4.42. The number of nitrogens with zero attached hydrogens (tertiary/aromatic N) is 2. The maximum atomic E-state index is 11.9. The molecule has 0 saturated carbocycles. The number of hydrogen-bond donors (Lipinski definition) is 3. The van der Waals surface area contributed by atoms with Crippen molar-refractivity contribution in [2.75, 3.05) is 5.32 Å². The number of anilines is 1. The average Bonchev–Trinajstić information content (AvgIpc) is 2.81. The van der Waals surface area contributed by atoms with E-state index >= 15 is 0 Å². The fourth-order valence-corrected chi connectivity index (χ4v) is 1.60. The van der Waals surface area contributed by atoms with Gasteiger partial charge in [-0.3, -0.25) is 9.48 Å². The van der Waals surface area contributed by atoms with Crippen LogP contribution in [0.2, 0.25) is 0 Å². The predicted molar refractivity (Wildman–Crippen MR) is 70.3 cm³/mol. The number of phenols is 2. The van der Waals surface area contributed by atoms with Gasteiger partial charge in [-0.05, 0) is 26.0 Å². The first-order valence-electron chi connectivity index (χ1n) is 5.85. The molecule has 2 aromatic rings. The van der Waals surface area contributed by atoms with Crippen molar-refractivity contribution in [2.24, 2.45) is 0 Å². The highest BCUT2D eigenvalue weighted by Crippen LogP contribution is 2.28. The molecule has 0 aliphatic heterocycles. The maximum absolute atomic E-state index is 11.9. The summed E-state index contributed by atoms with van der Waals surface area (Å²) in [5.74, 6) is -1.27. The number of amides is 1. The standard InChI is InChI=1S/C13H15N3O3/c1-8(2)16-7-9(6-14-16)15-13(19)10-4-3-5-11(17)12(10)18/h3-8,17-18H,1-2H3,(H,15,19). The highest BCUT2D eigenvalue weighted by Gasteiger charge is 2.14. The molecule has 1 amide bonds. The van der Waals surface area contributed by atoms with Gasteiger partial charge >= 0.3 is 0 Å². The summed E-state index contributed by atoms with van der Waals surface area (Å²) in [7, 11) is 0. The molecule has 0 atom stereocenters. The van der Waals surface area contributed by atoms with Crippen LogP contribution < -0.4 is 5.32 Å².